The van der Waals surface area contributed by atoms with E-state index >= 15 is 0 Å². The molecule has 1 amide bonds. The van der Waals surface area contributed by atoms with Crippen molar-refractivity contribution in [1.82, 2.24) is 4.90 Å². The topological polar surface area (TPSA) is 66.8 Å². The number of piperidine rings is 1. The number of amides is 1. The Morgan fingerprint density at radius 3 is 2.71 bits per heavy atom. The number of ether oxygens (including phenoxy) is 1. The van der Waals surface area contributed by atoms with Crippen molar-refractivity contribution in [3.05, 3.63) is 35.9 Å². The minimum Gasteiger partial charge on any atom is -0.481 e. The van der Waals surface area contributed by atoms with Crippen LogP contribution in [0.5, 0.6) is 0 Å². The third-order valence-corrected chi connectivity index (χ3v) is 4.02. The molecule has 0 saturated carbocycles. The zero-order valence-corrected chi connectivity index (χ0v) is 12.2. The van der Waals surface area contributed by atoms with Crippen LogP contribution in [0.15, 0.2) is 30.3 Å². The Labute approximate surface area is 124 Å². The largest absolute Gasteiger partial charge is 0.481 e. The van der Waals surface area contributed by atoms with Crippen molar-refractivity contribution in [2.75, 3.05) is 6.54 Å². The highest BCUT2D eigenvalue weighted by Gasteiger charge is 2.33. The van der Waals surface area contributed by atoms with Gasteiger partial charge >= 0.3 is 12.1 Å². The Kier molecular flexibility index (Phi) is 5.20. The molecule has 2 unspecified atom stereocenters. The first-order chi connectivity index (χ1) is 10.1. The summed E-state index contributed by atoms with van der Waals surface area (Å²) in [6.07, 6.45) is 1.41. The molecule has 1 fully saturated rings. The fourth-order valence-corrected chi connectivity index (χ4v) is 2.78. The van der Waals surface area contributed by atoms with Crippen molar-refractivity contribution in [3.8, 4) is 0 Å². The van der Waals surface area contributed by atoms with E-state index in [0.717, 1.165) is 18.4 Å². The number of rotatable bonds is 4. The minimum absolute atomic E-state index is 0.000486. The van der Waals surface area contributed by atoms with Crippen LogP contribution in [0.3, 0.4) is 0 Å². The van der Waals surface area contributed by atoms with Gasteiger partial charge < -0.3 is 14.7 Å². The molecule has 5 heteroatoms. The maximum atomic E-state index is 12.2. The van der Waals surface area contributed by atoms with Crippen LogP contribution in [-0.4, -0.2) is 34.7 Å². The van der Waals surface area contributed by atoms with Gasteiger partial charge in [-0.05, 0) is 31.2 Å². The molecule has 2 rings (SSSR count). The summed E-state index contributed by atoms with van der Waals surface area (Å²) in [7, 11) is 0. The summed E-state index contributed by atoms with van der Waals surface area (Å²) in [6, 6.07) is 9.41. The lowest BCUT2D eigenvalue weighted by atomic mass is 9.88. The molecule has 1 aromatic rings. The number of hydrogen-bond donors (Lipinski definition) is 1. The van der Waals surface area contributed by atoms with Crippen LogP contribution < -0.4 is 0 Å². The molecule has 1 aromatic carbocycles. The maximum Gasteiger partial charge on any atom is 0.410 e. The predicted octanol–water partition coefficient (Wildman–Crippen LogP) is 2.90. The Morgan fingerprint density at radius 2 is 2.05 bits per heavy atom. The van der Waals surface area contributed by atoms with E-state index in [9.17, 15) is 9.59 Å². The lowest BCUT2D eigenvalue weighted by Crippen LogP contribution is -2.47. The number of likely N-dealkylation sites (tertiary alicyclic amines) is 1. The van der Waals surface area contributed by atoms with Gasteiger partial charge in [-0.2, -0.15) is 0 Å². The number of carboxylic acid groups (broad SMARTS) is 1. The highest BCUT2D eigenvalue weighted by molar-refractivity contribution is 5.69. The highest BCUT2D eigenvalue weighted by Crippen LogP contribution is 2.26. The molecular weight excluding hydrogens is 270 g/mol. The first-order valence-electron chi connectivity index (χ1n) is 7.27. The van der Waals surface area contributed by atoms with Crippen molar-refractivity contribution in [2.24, 2.45) is 5.92 Å². The molecule has 0 radical (unpaired) electrons. The second kappa shape index (κ2) is 7.11. The zero-order chi connectivity index (χ0) is 15.2. The fraction of sp³-hybridized carbons (Fsp3) is 0.500. The number of carboxylic acids is 1. The van der Waals surface area contributed by atoms with Crippen LogP contribution >= 0.6 is 0 Å². The summed E-state index contributed by atoms with van der Waals surface area (Å²) in [6.45, 7) is 2.77. The van der Waals surface area contributed by atoms with Crippen LogP contribution in [-0.2, 0) is 16.1 Å². The summed E-state index contributed by atoms with van der Waals surface area (Å²) in [5, 5.41) is 8.93. The monoisotopic (exact) mass is 291 g/mol. The molecule has 1 aliphatic heterocycles. The molecule has 0 aliphatic carbocycles. The van der Waals surface area contributed by atoms with E-state index in [1.165, 1.54) is 0 Å². The van der Waals surface area contributed by atoms with Gasteiger partial charge in [-0.25, -0.2) is 4.79 Å². The molecule has 1 heterocycles. The summed E-state index contributed by atoms with van der Waals surface area (Å²) in [4.78, 5) is 24.7. The Bertz CT molecular complexity index is 488. The number of benzene rings is 1. The van der Waals surface area contributed by atoms with E-state index in [0.29, 0.717) is 6.54 Å². The number of carbonyl (C=O) groups excluding carboxylic acids is 1. The van der Waals surface area contributed by atoms with E-state index in [4.69, 9.17) is 9.84 Å². The molecule has 1 saturated heterocycles. The number of aliphatic carboxylic acids is 1. The van der Waals surface area contributed by atoms with E-state index in [1.807, 2.05) is 37.3 Å². The zero-order valence-electron chi connectivity index (χ0n) is 12.2. The van der Waals surface area contributed by atoms with Crippen molar-refractivity contribution < 1.29 is 19.4 Å². The highest BCUT2D eigenvalue weighted by atomic mass is 16.6. The lowest BCUT2D eigenvalue weighted by molar-refractivity contribution is -0.139. The van der Waals surface area contributed by atoms with Gasteiger partial charge in [0.25, 0.3) is 0 Å². The van der Waals surface area contributed by atoms with Gasteiger partial charge in [0.05, 0.1) is 6.42 Å². The summed E-state index contributed by atoms with van der Waals surface area (Å²) in [5.74, 6) is -0.813. The number of hydrogen-bond acceptors (Lipinski definition) is 3. The van der Waals surface area contributed by atoms with Crippen LogP contribution in [0.2, 0.25) is 0 Å². The molecular formula is C16H21NO4. The van der Waals surface area contributed by atoms with Crippen molar-refractivity contribution >= 4 is 12.1 Å². The first kappa shape index (κ1) is 15.4. The van der Waals surface area contributed by atoms with E-state index in [1.54, 1.807) is 4.90 Å². The molecule has 21 heavy (non-hydrogen) atoms. The maximum absolute atomic E-state index is 12.2. The molecule has 1 N–H and O–H groups in total. The molecule has 114 valence electrons. The van der Waals surface area contributed by atoms with Crippen LogP contribution in [0, 0.1) is 5.92 Å². The summed E-state index contributed by atoms with van der Waals surface area (Å²) < 4.78 is 5.33. The van der Waals surface area contributed by atoms with Gasteiger partial charge in [-0.15, -0.1) is 0 Å². The van der Waals surface area contributed by atoms with Gasteiger partial charge in [0.1, 0.15) is 6.61 Å². The molecule has 5 nitrogen and oxygen atoms in total. The third kappa shape index (κ3) is 4.21. The average molecular weight is 291 g/mol. The quantitative estimate of drug-likeness (QED) is 0.926. The number of nitrogens with zero attached hydrogens (tertiary/aromatic N) is 1. The van der Waals surface area contributed by atoms with Crippen molar-refractivity contribution in [2.45, 2.75) is 38.8 Å². The predicted molar refractivity (Wildman–Crippen MR) is 77.8 cm³/mol. The minimum atomic E-state index is -0.814. The smallest absolute Gasteiger partial charge is 0.410 e. The standard InChI is InChI=1S/C16H21NO4/c1-12-14(10-15(18)19)8-5-9-17(12)16(20)21-11-13-6-3-2-4-7-13/h2-4,6-7,12,14H,5,8-11H2,1H3,(H,18,19). The van der Waals surface area contributed by atoms with Crippen molar-refractivity contribution in [1.29, 1.82) is 0 Å². The summed E-state index contributed by atoms with van der Waals surface area (Å²) >= 11 is 0. The van der Waals surface area contributed by atoms with E-state index in [2.05, 4.69) is 0 Å². The molecule has 0 aromatic heterocycles. The second-order valence-corrected chi connectivity index (χ2v) is 5.47. The first-order valence-corrected chi connectivity index (χ1v) is 7.27. The van der Waals surface area contributed by atoms with Gasteiger partial charge in [-0.3, -0.25) is 4.79 Å². The van der Waals surface area contributed by atoms with Gasteiger partial charge in [0.15, 0.2) is 0 Å². The third-order valence-electron chi connectivity index (χ3n) is 4.02. The molecule has 1 aliphatic rings. The fourth-order valence-electron chi connectivity index (χ4n) is 2.78. The van der Waals surface area contributed by atoms with Crippen LogP contribution in [0.1, 0.15) is 31.7 Å². The normalized spacial score (nSPS) is 21.9. The molecule has 0 bridgehead atoms. The summed E-state index contributed by atoms with van der Waals surface area (Å²) in [5.41, 5.74) is 0.942. The average Bonchev–Trinajstić information content (AvgIpc) is 2.47. The van der Waals surface area contributed by atoms with Gasteiger partial charge in [0.2, 0.25) is 0 Å². The molecule has 0 spiro atoms. The van der Waals surface area contributed by atoms with Gasteiger partial charge in [0, 0.05) is 12.6 Å². The second-order valence-electron chi connectivity index (χ2n) is 5.47. The van der Waals surface area contributed by atoms with Crippen molar-refractivity contribution in [3.63, 3.8) is 0 Å². The Balaban J connectivity index is 1.90. The van der Waals surface area contributed by atoms with Gasteiger partial charge in [-0.1, -0.05) is 30.3 Å². The SMILES string of the molecule is CC1C(CC(=O)O)CCCN1C(=O)OCc1ccccc1. The van der Waals surface area contributed by atoms with E-state index < -0.39 is 5.97 Å². The Hall–Kier alpha value is -2.04. The Morgan fingerprint density at radius 1 is 1.33 bits per heavy atom. The van der Waals surface area contributed by atoms with Crippen LogP contribution in [0.4, 0.5) is 4.79 Å². The number of carbonyl (C=O) groups is 2. The molecule has 2 atom stereocenters. The van der Waals surface area contributed by atoms with E-state index in [-0.39, 0.29) is 31.1 Å². The van der Waals surface area contributed by atoms with Crippen LogP contribution in [0.25, 0.3) is 0 Å². The lowest BCUT2D eigenvalue weighted by Gasteiger charge is -2.38.